The van der Waals surface area contributed by atoms with Crippen LogP contribution in [0, 0.1) is 11.8 Å². The molecule has 2 atom stereocenters. The molecule has 0 amide bonds. The number of rotatable bonds is 6. The van der Waals surface area contributed by atoms with Crippen LogP contribution in [0.15, 0.2) is 30.3 Å². The molecular formula is C18H25NO4. The molecule has 0 aromatic heterocycles. The van der Waals surface area contributed by atoms with Gasteiger partial charge in [-0.15, -0.1) is 0 Å². The zero-order valence-corrected chi connectivity index (χ0v) is 13.9. The van der Waals surface area contributed by atoms with Crippen LogP contribution in [-0.2, 0) is 25.6 Å². The molecular weight excluding hydrogens is 294 g/mol. The van der Waals surface area contributed by atoms with E-state index in [4.69, 9.17) is 9.47 Å². The second-order valence-electron chi connectivity index (χ2n) is 6.25. The third-order valence-electron chi connectivity index (χ3n) is 3.99. The lowest BCUT2D eigenvalue weighted by Crippen LogP contribution is -2.43. The van der Waals surface area contributed by atoms with Gasteiger partial charge in [-0.1, -0.05) is 30.3 Å². The SMILES string of the molecule is CC(=O)OC[C@@H]1C[C@H](COC(C)=O)CN(Cc2ccccc2)C1. The zero-order valence-electron chi connectivity index (χ0n) is 13.9. The van der Waals surface area contributed by atoms with Crippen LogP contribution < -0.4 is 0 Å². The summed E-state index contributed by atoms with van der Waals surface area (Å²) in [6.07, 6.45) is 0.909. The maximum atomic E-state index is 11.1. The summed E-state index contributed by atoms with van der Waals surface area (Å²) < 4.78 is 10.4. The smallest absolute Gasteiger partial charge is 0.302 e. The molecule has 0 unspecified atom stereocenters. The molecule has 0 saturated carbocycles. The lowest BCUT2D eigenvalue weighted by Gasteiger charge is -2.37. The predicted octanol–water partition coefficient (Wildman–Crippen LogP) is 2.25. The van der Waals surface area contributed by atoms with Gasteiger partial charge < -0.3 is 9.47 Å². The van der Waals surface area contributed by atoms with E-state index in [9.17, 15) is 9.59 Å². The van der Waals surface area contributed by atoms with Crippen molar-refractivity contribution in [2.24, 2.45) is 11.8 Å². The summed E-state index contributed by atoms with van der Waals surface area (Å²) in [7, 11) is 0. The van der Waals surface area contributed by atoms with Crippen molar-refractivity contribution in [2.45, 2.75) is 26.8 Å². The standard InChI is InChI=1S/C18H25NO4/c1-14(20)22-12-17-8-18(13-23-15(2)21)11-19(10-17)9-16-6-4-3-5-7-16/h3-7,17-18H,8-13H2,1-2H3/t17-,18+. The minimum absolute atomic E-state index is 0.248. The van der Waals surface area contributed by atoms with E-state index in [-0.39, 0.29) is 23.8 Å². The molecule has 126 valence electrons. The first-order chi connectivity index (χ1) is 11.0. The van der Waals surface area contributed by atoms with Crippen molar-refractivity contribution < 1.29 is 19.1 Å². The Kier molecular flexibility index (Phi) is 6.59. The molecule has 1 aliphatic rings. The van der Waals surface area contributed by atoms with Crippen molar-refractivity contribution in [3.8, 4) is 0 Å². The van der Waals surface area contributed by atoms with Crippen LogP contribution in [0.5, 0.6) is 0 Å². The Balaban J connectivity index is 1.95. The normalized spacial score (nSPS) is 21.7. The number of nitrogens with zero attached hydrogens (tertiary/aromatic N) is 1. The summed E-state index contributed by atoms with van der Waals surface area (Å²) in [5.41, 5.74) is 1.26. The summed E-state index contributed by atoms with van der Waals surface area (Å²) in [6, 6.07) is 10.3. The van der Waals surface area contributed by atoms with E-state index in [0.717, 1.165) is 26.1 Å². The second kappa shape index (κ2) is 8.67. The Labute approximate surface area is 137 Å². The van der Waals surface area contributed by atoms with Gasteiger partial charge >= 0.3 is 11.9 Å². The van der Waals surface area contributed by atoms with Crippen LogP contribution in [-0.4, -0.2) is 43.1 Å². The average molecular weight is 319 g/mol. The Morgan fingerprint density at radius 1 is 1.00 bits per heavy atom. The molecule has 1 saturated heterocycles. The highest BCUT2D eigenvalue weighted by atomic mass is 16.5. The molecule has 0 radical (unpaired) electrons. The highest BCUT2D eigenvalue weighted by Gasteiger charge is 2.28. The largest absolute Gasteiger partial charge is 0.466 e. The lowest BCUT2D eigenvalue weighted by atomic mass is 9.90. The topological polar surface area (TPSA) is 55.8 Å². The number of ether oxygens (including phenoxy) is 2. The van der Waals surface area contributed by atoms with E-state index in [1.54, 1.807) is 0 Å². The number of hydrogen-bond acceptors (Lipinski definition) is 5. The predicted molar refractivity (Wildman–Crippen MR) is 86.6 cm³/mol. The Morgan fingerprint density at radius 3 is 2.00 bits per heavy atom. The van der Waals surface area contributed by atoms with E-state index >= 15 is 0 Å². The number of piperidine rings is 1. The van der Waals surface area contributed by atoms with Gasteiger partial charge in [0.1, 0.15) is 0 Å². The molecule has 1 fully saturated rings. The van der Waals surface area contributed by atoms with Crippen molar-refractivity contribution in [1.82, 2.24) is 4.90 Å². The number of benzene rings is 1. The van der Waals surface area contributed by atoms with Gasteiger partial charge in [0, 0.05) is 45.3 Å². The number of carbonyl (C=O) groups excluding carboxylic acids is 2. The van der Waals surface area contributed by atoms with Crippen molar-refractivity contribution in [3.63, 3.8) is 0 Å². The molecule has 1 aromatic rings. The minimum atomic E-state index is -0.248. The molecule has 1 aliphatic heterocycles. The van der Waals surface area contributed by atoms with Gasteiger partial charge in [-0.3, -0.25) is 14.5 Å². The second-order valence-corrected chi connectivity index (χ2v) is 6.25. The molecule has 0 N–H and O–H groups in total. The molecule has 1 aromatic carbocycles. The van der Waals surface area contributed by atoms with E-state index < -0.39 is 0 Å². The van der Waals surface area contributed by atoms with Crippen molar-refractivity contribution in [1.29, 1.82) is 0 Å². The molecule has 5 nitrogen and oxygen atoms in total. The van der Waals surface area contributed by atoms with Crippen molar-refractivity contribution in [3.05, 3.63) is 35.9 Å². The third kappa shape index (κ3) is 6.40. The monoisotopic (exact) mass is 319 g/mol. The first-order valence-electron chi connectivity index (χ1n) is 8.06. The first kappa shape index (κ1) is 17.5. The van der Waals surface area contributed by atoms with Gasteiger partial charge in [-0.2, -0.15) is 0 Å². The summed E-state index contributed by atoms with van der Waals surface area (Å²) in [4.78, 5) is 24.4. The summed E-state index contributed by atoms with van der Waals surface area (Å²) >= 11 is 0. The highest BCUT2D eigenvalue weighted by Crippen LogP contribution is 2.24. The van der Waals surface area contributed by atoms with Crippen LogP contribution in [0.3, 0.4) is 0 Å². The van der Waals surface area contributed by atoms with Gasteiger partial charge in [0.25, 0.3) is 0 Å². The zero-order chi connectivity index (χ0) is 16.7. The van der Waals surface area contributed by atoms with E-state index in [2.05, 4.69) is 17.0 Å². The van der Waals surface area contributed by atoms with Gasteiger partial charge in [0.15, 0.2) is 0 Å². The fraction of sp³-hybridized carbons (Fsp3) is 0.556. The quantitative estimate of drug-likeness (QED) is 0.753. The van der Waals surface area contributed by atoms with Crippen LogP contribution in [0.1, 0.15) is 25.8 Å². The fourth-order valence-electron chi connectivity index (χ4n) is 3.11. The Hall–Kier alpha value is -1.88. The molecule has 5 heteroatoms. The van der Waals surface area contributed by atoms with Gasteiger partial charge in [0.2, 0.25) is 0 Å². The van der Waals surface area contributed by atoms with Gasteiger partial charge in [-0.25, -0.2) is 0 Å². The number of hydrogen-bond donors (Lipinski definition) is 0. The van der Waals surface area contributed by atoms with Crippen LogP contribution >= 0.6 is 0 Å². The first-order valence-corrected chi connectivity index (χ1v) is 8.06. The summed E-state index contributed by atoms with van der Waals surface area (Å²) in [6.45, 7) is 6.35. The molecule has 0 bridgehead atoms. The molecule has 2 rings (SSSR count). The summed E-state index contributed by atoms with van der Waals surface area (Å²) in [5, 5.41) is 0. The van der Waals surface area contributed by atoms with E-state index in [1.807, 2.05) is 18.2 Å². The summed E-state index contributed by atoms with van der Waals surface area (Å²) in [5.74, 6) is 0.0530. The lowest BCUT2D eigenvalue weighted by molar-refractivity contribution is -0.144. The van der Waals surface area contributed by atoms with E-state index in [0.29, 0.717) is 13.2 Å². The minimum Gasteiger partial charge on any atom is -0.466 e. The fourth-order valence-corrected chi connectivity index (χ4v) is 3.11. The van der Waals surface area contributed by atoms with Crippen LogP contribution in [0.2, 0.25) is 0 Å². The van der Waals surface area contributed by atoms with Crippen molar-refractivity contribution in [2.75, 3.05) is 26.3 Å². The maximum absolute atomic E-state index is 11.1. The molecule has 0 aliphatic carbocycles. The van der Waals surface area contributed by atoms with Crippen molar-refractivity contribution >= 4 is 11.9 Å². The third-order valence-corrected chi connectivity index (χ3v) is 3.99. The number of carbonyl (C=O) groups is 2. The number of esters is 2. The molecule has 0 spiro atoms. The van der Waals surface area contributed by atoms with E-state index in [1.165, 1.54) is 19.4 Å². The maximum Gasteiger partial charge on any atom is 0.302 e. The van der Waals surface area contributed by atoms with Gasteiger partial charge in [-0.05, 0) is 12.0 Å². The number of likely N-dealkylation sites (tertiary alicyclic amines) is 1. The molecule has 1 heterocycles. The highest BCUT2D eigenvalue weighted by molar-refractivity contribution is 5.66. The molecule has 23 heavy (non-hydrogen) atoms. The average Bonchev–Trinajstić information content (AvgIpc) is 2.52. The Bertz CT molecular complexity index is 491. The van der Waals surface area contributed by atoms with Crippen LogP contribution in [0.25, 0.3) is 0 Å². The van der Waals surface area contributed by atoms with Crippen LogP contribution in [0.4, 0.5) is 0 Å². The Morgan fingerprint density at radius 2 is 1.52 bits per heavy atom. The van der Waals surface area contributed by atoms with Gasteiger partial charge in [0.05, 0.1) is 13.2 Å².